The van der Waals surface area contributed by atoms with Crippen LogP contribution >= 0.6 is 0 Å². The van der Waals surface area contributed by atoms with E-state index in [-0.39, 0.29) is 17.8 Å². The lowest BCUT2D eigenvalue weighted by atomic mass is 9.80. The van der Waals surface area contributed by atoms with Gasteiger partial charge in [-0.05, 0) is 44.0 Å². The van der Waals surface area contributed by atoms with Crippen molar-refractivity contribution in [1.82, 2.24) is 5.32 Å². The van der Waals surface area contributed by atoms with Gasteiger partial charge in [-0.2, -0.15) is 0 Å². The number of phenolic OH excluding ortho intramolecular Hbond substituents is 1. The van der Waals surface area contributed by atoms with Crippen LogP contribution in [0.5, 0.6) is 5.75 Å². The summed E-state index contributed by atoms with van der Waals surface area (Å²) in [6.07, 6.45) is 0. The number of nitrogens with one attached hydrogen (secondary N) is 1. The summed E-state index contributed by atoms with van der Waals surface area (Å²) >= 11 is 0. The molecule has 0 saturated heterocycles. The molecule has 0 fully saturated rings. The average Bonchev–Trinajstić information content (AvgIpc) is 2.57. The summed E-state index contributed by atoms with van der Waals surface area (Å²) in [5.74, 6) is -0.0185. The summed E-state index contributed by atoms with van der Waals surface area (Å²) in [7, 11) is 1.41. The maximum Gasteiger partial charge on any atom is 0.313 e. The average molecular weight is 327 g/mol. The highest BCUT2D eigenvalue weighted by atomic mass is 16.5. The van der Waals surface area contributed by atoms with Gasteiger partial charge in [0.2, 0.25) is 0 Å². The van der Waals surface area contributed by atoms with Crippen molar-refractivity contribution in [2.24, 2.45) is 5.41 Å². The first-order valence-corrected chi connectivity index (χ1v) is 8.01. The molecule has 0 amide bonds. The third kappa shape index (κ3) is 4.15. The normalized spacial score (nSPS) is 12.7. The van der Waals surface area contributed by atoms with E-state index in [1.54, 1.807) is 12.1 Å². The molecule has 0 spiro atoms. The van der Waals surface area contributed by atoms with Crippen molar-refractivity contribution >= 4 is 5.97 Å². The number of hydrogen-bond acceptors (Lipinski definition) is 4. The number of hydrogen-bond donors (Lipinski definition) is 2. The summed E-state index contributed by atoms with van der Waals surface area (Å²) in [6.45, 7) is 6.38. The Morgan fingerprint density at radius 1 is 1.12 bits per heavy atom. The summed E-state index contributed by atoms with van der Waals surface area (Å²) in [6, 6.07) is 15.0. The van der Waals surface area contributed by atoms with E-state index in [0.717, 1.165) is 11.1 Å². The lowest BCUT2D eigenvalue weighted by molar-refractivity contribution is -0.152. The van der Waals surface area contributed by atoms with Gasteiger partial charge in [0.05, 0.1) is 12.5 Å². The molecule has 0 bridgehead atoms. The third-order valence-corrected chi connectivity index (χ3v) is 4.29. The minimum atomic E-state index is -0.721. The molecule has 1 atom stereocenters. The molecule has 2 aromatic carbocycles. The van der Waals surface area contributed by atoms with Gasteiger partial charge in [0.25, 0.3) is 0 Å². The number of rotatable bonds is 6. The lowest BCUT2D eigenvalue weighted by Crippen LogP contribution is -2.40. The van der Waals surface area contributed by atoms with Crippen LogP contribution in [0.15, 0.2) is 48.5 Å². The second-order valence-electron chi connectivity index (χ2n) is 6.60. The van der Waals surface area contributed by atoms with Gasteiger partial charge in [0, 0.05) is 12.6 Å². The number of benzene rings is 2. The first-order valence-electron chi connectivity index (χ1n) is 8.01. The van der Waals surface area contributed by atoms with E-state index < -0.39 is 5.41 Å². The molecular weight excluding hydrogens is 302 g/mol. The van der Waals surface area contributed by atoms with Crippen molar-refractivity contribution in [2.75, 3.05) is 7.11 Å². The molecule has 0 radical (unpaired) electrons. The first-order chi connectivity index (χ1) is 11.3. The Hall–Kier alpha value is -2.33. The number of carbonyl (C=O) groups is 1. The van der Waals surface area contributed by atoms with Gasteiger partial charge in [-0.15, -0.1) is 0 Å². The topological polar surface area (TPSA) is 58.6 Å². The minimum Gasteiger partial charge on any atom is -0.508 e. The van der Waals surface area contributed by atoms with Crippen LogP contribution in [0.3, 0.4) is 0 Å². The molecule has 0 aromatic heterocycles. The second-order valence-corrected chi connectivity index (χ2v) is 6.60. The largest absolute Gasteiger partial charge is 0.508 e. The fourth-order valence-electron chi connectivity index (χ4n) is 2.76. The highest BCUT2D eigenvalue weighted by Crippen LogP contribution is 2.35. The highest BCUT2D eigenvalue weighted by Gasteiger charge is 2.38. The van der Waals surface area contributed by atoms with Gasteiger partial charge in [0.15, 0.2) is 0 Å². The van der Waals surface area contributed by atoms with E-state index in [0.29, 0.717) is 6.54 Å². The van der Waals surface area contributed by atoms with Gasteiger partial charge in [-0.25, -0.2) is 0 Å². The third-order valence-electron chi connectivity index (χ3n) is 4.29. The van der Waals surface area contributed by atoms with Gasteiger partial charge in [-0.3, -0.25) is 4.79 Å². The molecular formula is C20H25NO3. The zero-order valence-electron chi connectivity index (χ0n) is 14.7. The minimum absolute atomic E-state index is 0.195. The maximum atomic E-state index is 12.3. The monoisotopic (exact) mass is 327 g/mol. The van der Waals surface area contributed by atoms with Gasteiger partial charge in [-0.1, -0.05) is 42.0 Å². The Morgan fingerprint density at radius 2 is 1.71 bits per heavy atom. The Bertz CT molecular complexity index is 675. The maximum absolute atomic E-state index is 12.3. The summed E-state index contributed by atoms with van der Waals surface area (Å²) < 4.78 is 5.00. The van der Waals surface area contributed by atoms with E-state index >= 15 is 0 Å². The lowest BCUT2D eigenvalue weighted by Gasteiger charge is -2.33. The van der Waals surface area contributed by atoms with E-state index in [2.05, 4.69) is 5.32 Å². The van der Waals surface area contributed by atoms with Crippen molar-refractivity contribution in [3.8, 4) is 5.75 Å². The predicted octanol–water partition coefficient (Wildman–Crippen LogP) is 3.73. The van der Waals surface area contributed by atoms with Gasteiger partial charge < -0.3 is 15.2 Å². The molecule has 4 nitrogen and oxygen atoms in total. The molecule has 0 aliphatic rings. The van der Waals surface area contributed by atoms with Crippen LogP contribution in [0, 0.1) is 12.3 Å². The van der Waals surface area contributed by atoms with Crippen LogP contribution in [-0.4, -0.2) is 18.2 Å². The fraction of sp³-hybridized carbons (Fsp3) is 0.350. The van der Waals surface area contributed by atoms with Crippen molar-refractivity contribution in [3.05, 3.63) is 65.2 Å². The van der Waals surface area contributed by atoms with E-state index in [1.807, 2.05) is 57.2 Å². The number of esters is 1. The number of aromatic hydroxyl groups is 1. The smallest absolute Gasteiger partial charge is 0.313 e. The van der Waals surface area contributed by atoms with Crippen LogP contribution in [0.2, 0.25) is 0 Å². The molecule has 2 N–H and O–H groups in total. The quantitative estimate of drug-likeness (QED) is 0.794. The van der Waals surface area contributed by atoms with Crippen LogP contribution in [-0.2, 0) is 16.1 Å². The molecule has 128 valence electrons. The van der Waals surface area contributed by atoms with Crippen molar-refractivity contribution in [1.29, 1.82) is 0 Å². The van der Waals surface area contributed by atoms with E-state index in [4.69, 9.17) is 4.74 Å². The molecule has 0 saturated carbocycles. The van der Waals surface area contributed by atoms with Crippen LogP contribution < -0.4 is 5.32 Å². The number of aryl methyl sites for hydroxylation is 1. The Balaban J connectivity index is 2.26. The van der Waals surface area contributed by atoms with Crippen LogP contribution in [0.4, 0.5) is 0 Å². The zero-order chi connectivity index (χ0) is 17.7. The van der Waals surface area contributed by atoms with Crippen LogP contribution in [0.25, 0.3) is 0 Å². The summed E-state index contributed by atoms with van der Waals surface area (Å²) in [5, 5.41) is 12.9. The van der Waals surface area contributed by atoms with Crippen molar-refractivity contribution < 1.29 is 14.6 Å². The Morgan fingerprint density at radius 3 is 2.25 bits per heavy atom. The Kier molecular flexibility index (Phi) is 5.62. The number of methoxy groups -OCH3 is 1. The molecule has 0 aliphatic heterocycles. The zero-order valence-corrected chi connectivity index (χ0v) is 14.7. The highest BCUT2D eigenvalue weighted by molar-refractivity contribution is 5.77. The SMILES string of the molecule is COC(=O)C(C)(C)C(NCc1ccc(O)cc1)c1ccc(C)cc1. The Labute approximate surface area is 143 Å². The first kappa shape index (κ1) is 18.0. The number of carbonyl (C=O) groups excluding carboxylic acids is 1. The van der Waals surface area contributed by atoms with E-state index in [9.17, 15) is 9.90 Å². The number of phenols is 1. The molecule has 24 heavy (non-hydrogen) atoms. The second kappa shape index (κ2) is 7.49. The fourth-order valence-corrected chi connectivity index (χ4v) is 2.76. The standard InChI is InChI=1S/C20H25NO3/c1-14-5-9-16(10-6-14)18(20(2,3)19(23)24-4)21-13-15-7-11-17(22)12-8-15/h5-12,18,21-22H,13H2,1-4H3. The van der Waals surface area contributed by atoms with Crippen LogP contribution in [0.1, 0.15) is 36.6 Å². The molecule has 0 heterocycles. The molecule has 2 rings (SSSR count). The number of ether oxygens (including phenoxy) is 1. The van der Waals surface area contributed by atoms with Crippen molar-refractivity contribution in [2.45, 2.75) is 33.4 Å². The summed E-state index contributed by atoms with van der Waals surface area (Å²) in [5.41, 5.74) is 2.52. The molecule has 0 aliphatic carbocycles. The molecule has 2 aromatic rings. The molecule has 1 unspecified atom stereocenters. The molecule has 4 heteroatoms. The van der Waals surface area contributed by atoms with Gasteiger partial charge >= 0.3 is 5.97 Å². The van der Waals surface area contributed by atoms with Gasteiger partial charge in [0.1, 0.15) is 5.75 Å². The van der Waals surface area contributed by atoms with E-state index in [1.165, 1.54) is 12.7 Å². The van der Waals surface area contributed by atoms with Crippen molar-refractivity contribution in [3.63, 3.8) is 0 Å². The predicted molar refractivity (Wildman–Crippen MR) is 94.7 cm³/mol. The summed E-state index contributed by atoms with van der Waals surface area (Å²) in [4.78, 5) is 12.3.